The molecule has 0 saturated carbocycles. The molecule has 0 N–H and O–H groups in total. The van der Waals surface area contributed by atoms with Crippen molar-refractivity contribution in [1.82, 2.24) is 9.80 Å². The Morgan fingerprint density at radius 1 is 1.07 bits per heavy atom. The van der Waals surface area contributed by atoms with Gasteiger partial charge in [-0.05, 0) is 43.5 Å². The third kappa shape index (κ3) is 3.62. The standard InChI is InChI=1S/C21H25N3O3/c1-16-14-17-6-2-3-7-18(17)24(16)20(25)15-22-9-5-10-23(12-11-22)21(26)19-8-4-13-27-19/h2-4,6-8,13,16H,5,9-12,14-15H2,1H3/t16-/m0/s1. The highest BCUT2D eigenvalue weighted by Gasteiger charge is 2.32. The van der Waals surface area contributed by atoms with E-state index in [2.05, 4.69) is 17.9 Å². The van der Waals surface area contributed by atoms with Gasteiger partial charge in [0.25, 0.3) is 5.91 Å². The average molecular weight is 367 g/mol. The zero-order valence-corrected chi connectivity index (χ0v) is 15.6. The number of hydrogen-bond acceptors (Lipinski definition) is 4. The van der Waals surface area contributed by atoms with Crippen molar-refractivity contribution in [2.45, 2.75) is 25.8 Å². The Balaban J connectivity index is 1.38. The molecular weight excluding hydrogens is 342 g/mol. The van der Waals surface area contributed by atoms with E-state index in [1.807, 2.05) is 28.0 Å². The van der Waals surface area contributed by atoms with E-state index in [-0.39, 0.29) is 17.9 Å². The van der Waals surface area contributed by atoms with Gasteiger partial charge >= 0.3 is 0 Å². The summed E-state index contributed by atoms with van der Waals surface area (Å²) in [5.41, 5.74) is 2.28. The number of fused-ring (bicyclic) bond motifs is 1. The monoisotopic (exact) mass is 367 g/mol. The maximum Gasteiger partial charge on any atom is 0.289 e. The molecule has 1 aromatic heterocycles. The Morgan fingerprint density at radius 2 is 1.93 bits per heavy atom. The number of furan rings is 1. The number of rotatable bonds is 3. The first-order valence-corrected chi connectivity index (χ1v) is 9.58. The van der Waals surface area contributed by atoms with Crippen molar-refractivity contribution in [2.75, 3.05) is 37.6 Å². The second-order valence-corrected chi connectivity index (χ2v) is 7.34. The average Bonchev–Trinajstić information content (AvgIpc) is 3.24. The van der Waals surface area contributed by atoms with Gasteiger partial charge in [-0.2, -0.15) is 0 Å². The zero-order chi connectivity index (χ0) is 18.8. The Kier molecular flexibility index (Phi) is 4.99. The van der Waals surface area contributed by atoms with Crippen LogP contribution < -0.4 is 4.90 Å². The molecule has 0 bridgehead atoms. The molecule has 27 heavy (non-hydrogen) atoms. The molecule has 1 atom stereocenters. The molecule has 2 aliphatic heterocycles. The Hall–Kier alpha value is -2.60. The molecule has 2 aliphatic rings. The molecule has 1 saturated heterocycles. The van der Waals surface area contributed by atoms with E-state index < -0.39 is 0 Å². The van der Waals surface area contributed by atoms with E-state index in [4.69, 9.17) is 4.42 Å². The summed E-state index contributed by atoms with van der Waals surface area (Å²) in [6.45, 7) is 5.30. The van der Waals surface area contributed by atoms with Gasteiger partial charge in [-0.1, -0.05) is 18.2 Å². The third-order valence-corrected chi connectivity index (χ3v) is 5.44. The quantitative estimate of drug-likeness (QED) is 0.836. The molecule has 6 nitrogen and oxygen atoms in total. The maximum absolute atomic E-state index is 13.0. The molecule has 4 rings (SSSR count). The van der Waals surface area contributed by atoms with E-state index in [0.29, 0.717) is 31.9 Å². The predicted molar refractivity (Wildman–Crippen MR) is 103 cm³/mol. The van der Waals surface area contributed by atoms with Crippen molar-refractivity contribution in [1.29, 1.82) is 0 Å². The summed E-state index contributed by atoms with van der Waals surface area (Å²) in [6, 6.07) is 11.8. The highest BCUT2D eigenvalue weighted by molar-refractivity contribution is 5.97. The van der Waals surface area contributed by atoms with Crippen LogP contribution in [0.3, 0.4) is 0 Å². The molecule has 3 heterocycles. The van der Waals surface area contributed by atoms with Crippen molar-refractivity contribution in [3.63, 3.8) is 0 Å². The van der Waals surface area contributed by atoms with Crippen molar-refractivity contribution in [3.8, 4) is 0 Å². The fourth-order valence-corrected chi connectivity index (χ4v) is 4.10. The molecule has 0 radical (unpaired) electrons. The molecule has 142 valence electrons. The van der Waals surface area contributed by atoms with Crippen molar-refractivity contribution < 1.29 is 14.0 Å². The third-order valence-electron chi connectivity index (χ3n) is 5.44. The topological polar surface area (TPSA) is 57.0 Å². The SMILES string of the molecule is C[C@H]1Cc2ccccc2N1C(=O)CN1CCCN(C(=O)c2ccco2)CC1. The fraction of sp³-hybridized carbons (Fsp3) is 0.429. The van der Waals surface area contributed by atoms with Gasteiger partial charge in [0.15, 0.2) is 5.76 Å². The van der Waals surface area contributed by atoms with Crippen molar-refractivity contribution >= 4 is 17.5 Å². The Bertz CT molecular complexity index is 818. The van der Waals surface area contributed by atoms with Gasteiger partial charge in [-0.25, -0.2) is 0 Å². The van der Waals surface area contributed by atoms with Crippen LogP contribution in [0.4, 0.5) is 5.69 Å². The molecule has 2 aromatic rings. The number of benzene rings is 1. The van der Waals surface area contributed by atoms with Crippen LogP contribution in [-0.4, -0.2) is 60.4 Å². The van der Waals surface area contributed by atoms with Crippen LogP contribution in [0.5, 0.6) is 0 Å². The Morgan fingerprint density at radius 3 is 2.74 bits per heavy atom. The van der Waals surface area contributed by atoms with E-state index in [1.54, 1.807) is 12.1 Å². The molecule has 0 aliphatic carbocycles. The van der Waals surface area contributed by atoms with Gasteiger partial charge in [0.05, 0.1) is 12.8 Å². The van der Waals surface area contributed by atoms with Gasteiger partial charge in [0, 0.05) is 37.9 Å². The number of carbonyl (C=O) groups excluding carboxylic acids is 2. The lowest BCUT2D eigenvalue weighted by atomic mass is 10.1. The van der Waals surface area contributed by atoms with Gasteiger partial charge in [-0.3, -0.25) is 14.5 Å². The lowest BCUT2D eigenvalue weighted by molar-refractivity contribution is -0.120. The summed E-state index contributed by atoms with van der Waals surface area (Å²) in [5.74, 6) is 0.440. The van der Waals surface area contributed by atoms with Gasteiger partial charge in [0.1, 0.15) is 0 Å². The van der Waals surface area contributed by atoms with Crippen LogP contribution in [0.15, 0.2) is 47.1 Å². The summed E-state index contributed by atoms with van der Waals surface area (Å²) >= 11 is 0. The summed E-state index contributed by atoms with van der Waals surface area (Å²) in [5, 5.41) is 0. The molecule has 1 fully saturated rings. The number of anilines is 1. The lowest BCUT2D eigenvalue weighted by Gasteiger charge is -2.27. The summed E-state index contributed by atoms with van der Waals surface area (Å²) in [7, 11) is 0. The normalized spacial score (nSPS) is 20.4. The van der Waals surface area contributed by atoms with E-state index in [0.717, 1.165) is 25.1 Å². The first-order valence-electron chi connectivity index (χ1n) is 9.58. The minimum atomic E-state index is -0.0738. The highest BCUT2D eigenvalue weighted by Crippen LogP contribution is 2.31. The largest absolute Gasteiger partial charge is 0.459 e. The lowest BCUT2D eigenvalue weighted by Crippen LogP contribution is -2.44. The van der Waals surface area contributed by atoms with Crippen LogP contribution in [-0.2, 0) is 11.2 Å². The minimum Gasteiger partial charge on any atom is -0.459 e. The first-order chi connectivity index (χ1) is 13.1. The van der Waals surface area contributed by atoms with Crippen molar-refractivity contribution in [2.24, 2.45) is 0 Å². The molecule has 6 heteroatoms. The zero-order valence-electron chi connectivity index (χ0n) is 15.6. The van der Waals surface area contributed by atoms with Crippen LogP contribution in [0.1, 0.15) is 29.5 Å². The van der Waals surface area contributed by atoms with Gasteiger partial charge < -0.3 is 14.2 Å². The second-order valence-electron chi connectivity index (χ2n) is 7.34. The van der Waals surface area contributed by atoms with Crippen LogP contribution >= 0.6 is 0 Å². The molecule has 0 spiro atoms. The predicted octanol–water partition coefficient (Wildman–Crippen LogP) is 2.41. The Labute approximate surface area is 159 Å². The van der Waals surface area contributed by atoms with E-state index in [1.165, 1.54) is 11.8 Å². The number of amides is 2. The highest BCUT2D eigenvalue weighted by atomic mass is 16.3. The van der Waals surface area contributed by atoms with Gasteiger partial charge in [0.2, 0.25) is 5.91 Å². The van der Waals surface area contributed by atoms with Crippen LogP contribution in [0.2, 0.25) is 0 Å². The van der Waals surface area contributed by atoms with Crippen LogP contribution in [0, 0.1) is 0 Å². The smallest absolute Gasteiger partial charge is 0.289 e. The molecule has 0 unspecified atom stereocenters. The summed E-state index contributed by atoms with van der Waals surface area (Å²) in [6.07, 6.45) is 3.28. The second kappa shape index (κ2) is 7.56. The van der Waals surface area contributed by atoms with Crippen LogP contribution in [0.25, 0.3) is 0 Å². The molecular formula is C21H25N3O3. The first kappa shape index (κ1) is 17.8. The van der Waals surface area contributed by atoms with E-state index >= 15 is 0 Å². The summed E-state index contributed by atoms with van der Waals surface area (Å²) < 4.78 is 5.23. The summed E-state index contributed by atoms with van der Waals surface area (Å²) in [4.78, 5) is 31.4. The van der Waals surface area contributed by atoms with E-state index in [9.17, 15) is 9.59 Å². The van der Waals surface area contributed by atoms with Gasteiger partial charge in [-0.15, -0.1) is 0 Å². The number of nitrogens with zero attached hydrogens (tertiary/aromatic N) is 3. The number of hydrogen-bond donors (Lipinski definition) is 0. The fourth-order valence-electron chi connectivity index (χ4n) is 4.10. The molecule has 2 amide bonds. The number of carbonyl (C=O) groups is 2. The molecule has 1 aromatic carbocycles. The maximum atomic E-state index is 13.0. The number of para-hydroxylation sites is 1. The van der Waals surface area contributed by atoms with Crippen molar-refractivity contribution in [3.05, 3.63) is 54.0 Å². The minimum absolute atomic E-state index is 0.0738.